The van der Waals surface area contributed by atoms with Crippen LogP contribution in [0.3, 0.4) is 0 Å². The molecule has 0 saturated heterocycles. The van der Waals surface area contributed by atoms with Gasteiger partial charge in [-0.1, -0.05) is 6.07 Å². The molecule has 21 heavy (non-hydrogen) atoms. The van der Waals surface area contributed by atoms with Crippen LogP contribution >= 0.6 is 0 Å². The highest BCUT2D eigenvalue weighted by Gasteiger charge is 2.14. The number of ether oxygens (including phenoxy) is 3. The van der Waals surface area contributed by atoms with Crippen LogP contribution in [0.2, 0.25) is 0 Å². The molecule has 0 spiro atoms. The lowest BCUT2D eigenvalue weighted by Gasteiger charge is -2.10. The zero-order valence-corrected chi connectivity index (χ0v) is 11.2. The van der Waals surface area contributed by atoms with E-state index < -0.39 is 5.91 Å². The van der Waals surface area contributed by atoms with Crippen molar-refractivity contribution in [2.45, 2.75) is 6.61 Å². The summed E-state index contributed by atoms with van der Waals surface area (Å²) in [6, 6.07) is 10.2. The number of carbonyl (C=O) groups is 1. The van der Waals surface area contributed by atoms with Gasteiger partial charge in [0.2, 0.25) is 12.7 Å². The van der Waals surface area contributed by atoms with Crippen molar-refractivity contribution in [2.24, 2.45) is 5.73 Å². The first-order valence-electron chi connectivity index (χ1n) is 6.34. The van der Waals surface area contributed by atoms with E-state index in [1.54, 1.807) is 36.4 Å². The Morgan fingerprint density at radius 2 is 1.95 bits per heavy atom. The summed E-state index contributed by atoms with van der Waals surface area (Å²) in [6.45, 7) is 0.505. The molecule has 2 aromatic rings. The number of carbonyl (C=O) groups excluding carboxylic acids is 1. The van der Waals surface area contributed by atoms with Crippen molar-refractivity contribution in [3.63, 3.8) is 0 Å². The number of fused-ring (bicyclic) bond motifs is 1. The van der Waals surface area contributed by atoms with E-state index in [4.69, 9.17) is 25.7 Å². The van der Waals surface area contributed by atoms with E-state index in [2.05, 4.69) is 0 Å². The van der Waals surface area contributed by atoms with Crippen LogP contribution in [0, 0.1) is 0 Å². The molecule has 0 atom stereocenters. The lowest BCUT2D eigenvalue weighted by molar-refractivity contribution is 0.1000. The van der Waals surface area contributed by atoms with Crippen molar-refractivity contribution < 1.29 is 19.0 Å². The molecule has 0 bridgehead atoms. The number of anilines is 1. The van der Waals surface area contributed by atoms with Gasteiger partial charge in [-0.2, -0.15) is 0 Å². The maximum atomic E-state index is 11.1. The van der Waals surface area contributed by atoms with Crippen molar-refractivity contribution in [2.75, 3.05) is 12.5 Å². The topological polar surface area (TPSA) is 96.8 Å². The van der Waals surface area contributed by atoms with Crippen molar-refractivity contribution in [3.8, 4) is 17.2 Å². The summed E-state index contributed by atoms with van der Waals surface area (Å²) in [5, 5.41) is 0. The highest BCUT2D eigenvalue weighted by Crippen LogP contribution is 2.35. The lowest BCUT2D eigenvalue weighted by Crippen LogP contribution is -2.12. The average molecular weight is 286 g/mol. The van der Waals surface area contributed by atoms with Gasteiger partial charge in [-0.05, 0) is 24.3 Å². The predicted molar refractivity (Wildman–Crippen MR) is 76.3 cm³/mol. The number of hydrogen-bond acceptors (Lipinski definition) is 5. The van der Waals surface area contributed by atoms with E-state index in [0.717, 1.165) is 5.56 Å². The van der Waals surface area contributed by atoms with Gasteiger partial charge in [0, 0.05) is 22.9 Å². The fraction of sp³-hybridized carbons (Fsp3) is 0.133. The van der Waals surface area contributed by atoms with E-state index >= 15 is 0 Å². The second-order valence-corrected chi connectivity index (χ2v) is 4.58. The Bertz CT molecular complexity index is 700. The average Bonchev–Trinajstić information content (AvgIpc) is 2.93. The first kappa shape index (κ1) is 13.1. The van der Waals surface area contributed by atoms with Crippen LogP contribution in [0.25, 0.3) is 0 Å². The molecule has 0 fully saturated rings. The van der Waals surface area contributed by atoms with Gasteiger partial charge in [-0.15, -0.1) is 0 Å². The minimum Gasteiger partial charge on any atom is -0.489 e. The van der Waals surface area contributed by atoms with E-state index in [-0.39, 0.29) is 13.4 Å². The number of amides is 1. The number of benzene rings is 2. The third-order valence-electron chi connectivity index (χ3n) is 3.17. The van der Waals surface area contributed by atoms with Gasteiger partial charge in [0.15, 0.2) is 11.5 Å². The molecule has 0 aliphatic carbocycles. The summed E-state index contributed by atoms with van der Waals surface area (Å²) in [7, 11) is 0. The molecule has 3 rings (SSSR count). The van der Waals surface area contributed by atoms with Crippen LogP contribution in [-0.2, 0) is 6.61 Å². The van der Waals surface area contributed by atoms with E-state index in [1.807, 2.05) is 0 Å². The van der Waals surface area contributed by atoms with Crippen molar-refractivity contribution in [1.29, 1.82) is 0 Å². The molecule has 0 unspecified atom stereocenters. The number of rotatable bonds is 4. The Balaban J connectivity index is 1.71. The van der Waals surface area contributed by atoms with Crippen LogP contribution in [0.1, 0.15) is 15.9 Å². The van der Waals surface area contributed by atoms with Crippen LogP contribution in [-0.4, -0.2) is 12.7 Å². The molecule has 1 heterocycles. The first-order chi connectivity index (χ1) is 10.1. The summed E-state index contributed by atoms with van der Waals surface area (Å²) in [5.41, 5.74) is 12.7. The third-order valence-corrected chi connectivity index (χ3v) is 3.17. The first-order valence-corrected chi connectivity index (χ1v) is 6.34. The third kappa shape index (κ3) is 2.69. The Hall–Kier alpha value is -2.89. The molecular weight excluding hydrogens is 272 g/mol. The van der Waals surface area contributed by atoms with Crippen LogP contribution < -0.4 is 25.7 Å². The molecule has 0 radical (unpaired) electrons. The van der Waals surface area contributed by atoms with E-state index in [9.17, 15) is 4.79 Å². The summed E-state index contributed by atoms with van der Waals surface area (Å²) in [6.07, 6.45) is 0. The SMILES string of the molecule is NC(=O)c1ccc(COc2ccc3c(c2)OCO3)c(N)c1. The zero-order chi connectivity index (χ0) is 14.8. The molecule has 1 aliphatic rings. The molecule has 0 aromatic heterocycles. The number of nitrogens with two attached hydrogens (primary N) is 2. The Morgan fingerprint density at radius 1 is 1.14 bits per heavy atom. The molecule has 1 amide bonds. The quantitative estimate of drug-likeness (QED) is 0.833. The standard InChI is InChI=1S/C15H14N2O4/c16-12-5-9(15(17)18)1-2-10(12)7-19-11-3-4-13-14(6-11)21-8-20-13/h1-6H,7-8,16H2,(H2,17,18). The fourth-order valence-corrected chi connectivity index (χ4v) is 2.01. The van der Waals surface area contributed by atoms with Gasteiger partial charge in [0.25, 0.3) is 0 Å². The number of primary amides is 1. The Kier molecular flexibility index (Phi) is 3.27. The maximum Gasteiger partial charge on any atom is 0.248 e. The summed E-state index contributed by atoms with van der Waals surface area (Å²) >= 11 is 0. The van der Waals surface area contributed by atoms with Crippen LogP contribution in [0.5, 0.6) is 17.2 Å². The van der Waals surface area contributed by atoms with E-state index in [1.165, 1.54) is 0 Å². The van der Waals surface area contributed by atoms with Crippen LogP contribution in [0.4, 0.5) is 5.69 Å². The summed E-state index contributed by atoms with van der Waals surface area (Å²) in [5.74, 6) is 1.50. The fourth-order valence-electron chi connectivity index (χ4n) is 2.01. The lowest BCUT2D eigenvalue weighted by atomic mass is 10.1. The summed E-state index contributed by atoms with van der Waals surface area (Å²) in [4.78, 5) is 11.1. The van der Waals surface area contributed by atoms with Crippen molar-refractivity contribution in [3.05, 3.63) is 47.5 Å². The highest BCUT2D eigenvalue weighted by molar-refractivity contribution is 5.93. The normalized spacial score (nSPS) is 12.2. The van der Waals surface area contributed by atoms with Crippen molar-refractivity contribution in [1.82, 2.24) is 0 Å². The second kappa shape index (κ2) is 5.24. The smallest absolute Gasteiger partial charge is 0.248 e. The Labute approximate surface area is 121 Å². The molecule has 4 N–H and O–H groups in total. The van der Waals surface area contributed by atoms with E-state index in [0.29, 0.717) is 28.5 Å². The molecule has 1 aliphatic heterocycles. The second-order valence-electron chi connectivity index (χ2n) is 4.58. The molecular formula is C15H14N2O4. The van der Waals surface area contributed by atoms with Crippen molar-refractivity contribution >= 4 is 11.6 Å². The van der Waals surface area contributed by atoms with Crippen LogP contribution in [0.15, 0.2) is 36.4 Å². The Morgan fingerprint density at radius 3 is 2.71 bits per heavy atom. The molecule has 6 nitrogen and oxygen atoms in total. The largest absolute Gasteiger partial charge is 0.489 e. The van der Waals surface area contributed by atoms with Gasteiger partial charge < -0.3 is 25.7 Å². The minimum absolute atomic E-state index is 0.223. The predicted octanol–water partition coefficient (Wildman–Crippen LogP) is 1.68. The van der Waals surface area contributed by atoms with Gasteiger partial charge in [-0.3, -0.25) is 4.79 Å². The van der Waals surface area contributed by atoms with Gasteiger partial charge >= 0.3 is 0 Å². The molecule has 2 aromatic carbocycles. The zero-order valence-electron chi connectivity index (χ0n) is 11.2. The number of nitrogen functional groups attached to an aromatic ring is 1. The molecule has 108 valence electrons. The van der Waals surface area contributed by atoms with Gasteiger partial charge in [0.1, 0.15) is 12.4 Å². The monoisotopic (exact) mass is 286 g/mol. The maximum absolute atomic E-state index is 11.1. The minimum atomic E-state index is -0.509. The van der Waals surface area contributed by atoms with Gasteiger partial charge in [0.05, 0.1) is 0 Å². The highest BCUT2D eigenvalue weighted by atomic mass is 16.7. The molecule has 0 saturated carbocycles. The number of hydrogen-bond donors (Lipinski definition) is 2. The summed E-state index contributed by atoms with van der Waals surface area (Å²) < 4.78 is 16.2. The molecule has 6 heteroatoms. The van der Waals surface area contributed by atoms with Gasteiger partial charge in [-0.25, -0.2) is 0 Å².